The number of nitrogens with one attached hydrogen (secondary N) is 1. The van der Waals surface area contributed by atoms with E-state index in [0.717, 1.165) is 18.7 Å². The number of carboxylic acid groups (broad SMARTS) is 1. The Kier molecular flexibility index (Phi) is 4.63. The molecule has 0 radical (unpaired) electrons. The van der Waals surface area contributed by atoms with Gasteiger partial charge in [-0.3, -0.25) is 4.79 Å². The molecule has 0 aromatic heterocycles. The number of ether oxygens (including phenoxy) is 1. The molecule has 23 heavy (non-hydrogen) atoms. The fourth-order valence-electron chi connectivity index (χ4n) is 3.76. The lowest BCUT2D eigenvalue weighted by Gasteiger charge is -2.39. The van der Waals surface area contributed by atoms with Crippen LogP contribution in [0.2, 0.25) is 0 Å². The molecule has 1 heterocycles. The highest BCUT2D eigenvalue weighted by Crippen LogP contribution is 2.41. The molecule has 1 aliphatic heterocycles. The van der Waals surface area contributed by atoms with Crippen LogP contribution in [-0.4, -0.2) is 24.7 Å². The van der Waals surface area contributed by atoms with Crippen LogP contribution in [0.1, 0.15) is 34.6 Å². The predicted molar refractivity (Wildman–Crippen MR) is 88.9 cm³/mol. The number of carbonyl (C=O) groups is 1. The quantitative estimate of drug-likeness (QED) is 0.795. The maximum atomic E-state index is 8.36. The van der Waals surface area contributed by atoms with E-state index in [1.54, 1.807) is 7.11 Å². The highest BCUT2D eigenvalue weighted by Gasteiger charge is 2.34. The number of fused-ring (bicyclic) bond motifs is 5. The van der Waals surface area contributed by atoms with Gasteiger partial charge in [0, 0.05) is 18.5 Å². The molecule has 4 heteroatoms. The number of rotatable bonds is 1. The van der Waals surface area contributed by atoms with Crippen molar-refractivity contribution in [1.82, 2.24) is 5.32 Å². The highest BCUT2D eigenvalue weighted by atomic mass is 16.5. The van der Waals surface area contributed by atoms with E-state index < -0.39 is 0 Å². The lowest BCUT2D eigenvalue weighted by Crippen LogP contribution is -2.42. The average Bonchev–Trinajstić information content (AvgIpc) is 2.61. The molecule has 0 spiro atoms. The van der Waals surface area contributed by atoms with Gasteiger partial charge in [-0.25, -0.2) is 0 Å². The molecule has 2 N–H and O–H groups in total. The van der Waals surface area contributed by atoms with Crippen LogP contribution in [-0.2, 0) is 17.8 Å². The van der Waals surface area contributed by atoms with E-state index in [2.05, 4.69) is 47.8 Å². The Morgan fingerprint density at radius 2 is 1.96 bits per heavy atom. The van der Waals surface area contributed by atoms with Crippen LogP contribution in [0.4, 0.5) is 0 Å². The Morgan fingerprint density at radius 1 is 1.17 bits per heavy atom. The largest absolute Gasteiger partial charge is 0.497 e. The molecule has 2 aromatic carbocycles. The monoisotopic (exact) mass is 311 g/mol. The summed E-state index contributed by atoms with van der Waals surface area (Å²) in [6.07, 6.45) is 2.38. The van der Waals surface area contributed by atoms with E-state index >= 15 is 0 Å². The molecule has 120 valence electrons. The maximum Gasteiger partial charge on any atom is 0.290 e. The van der Waals surface area contributed by atoms with Crippen LogP contribution >= 0.6 is 0 Å². The van der Waals surface area contributed by atoms with Gasteiger partial charge >= 0.3 is 0 Å². The van der Waals surface area contributed by atoms with Gasteiger partial charge < -0.3 is 15.2 Å². The normalized spacial score (nSPS) is 20.9. The van der Waals surface area contributed by atoms with Crippen molar-refractivity contribution in [2.75, 3.05) is 7.11 Å². The van der Waals surface area contributed by atoms with Crippen LogP contribution in [0.25, 0.3) is 0 Å². The first-order valence-corrected chi connectivity index (χ1v) is 7.84. The number of hydrogen-bond donors (Lipinski definition) is 2. The van der Waals surface area contributed by atoms with E-state index in [1.807, 2.05) is 0 Å². The summed E-state index contributed by atoms with van der Waals surface area (Å²) in [4.78, 5) is 8.36. The summed E-state index contributed by atoms with van der Waals surface area (Å²) in [6.45, 7) is 0.747. The zero-order valence-electron chi connectivity index (χ0n) is 13.2. The summed E-state index contributed by atoms with van der Waals surface area (Å²) >= 11 is 0. The number of methoxy groups -OCH3 is 1. The Bertz CT molecular complexity index is 699. The van der Waals surface area contributed by atoms with E-state index in [-0.39, 0.29) is 6.47 Å². The second kappa shape index (κ2) is 6.84. The van der Waals surface area contributed by atoms with E-state index in [4.69, 9.17) is 14.6 Å². The third-order valence-electron chi connectivity index (χ3n) is 4.76. The van der Waals surface area contributed by atoms with Gasteiger partial charge in [-0.05, 0) is 47.2 Å². The molecule has 0 bridgehead atoms. The standard InChI is InChI=1S/C18H19NO.CH2O2/c1-20-14-8-6-12-7-9-17-18(16(12)10-14)15-5-3-2-4-13(15)11-19-17;2-1-3/h2-6,8,10,17-19H,7,9,11H2,1H3;1H,(H,2,3)/t17-,18-;/m0./s1. The molecular weight excluding hydrogens is 290 g/mol. The van der Waals surface area contributed by atoms with Gasteiger partial charge in [0.05, 0.1) is 7.11 Å². The third kappa shape index (κ3) is 2.94. The molecule has 2 aliphatic rings. The Morgan fingerprint density at radius 3 is 2.74 bits per heavy atom. The van der Waals surface area contributed by atoms with Gasteiger partial charge in [0.2, 0.25) is 0 Å². The highest BCUT2D eigenvalue weighted by molar-refractivity contribution is 5.49. The number of hydrogen-bond acceptors (Lipinski definition) is 3. The maximum absolute atomic E-state index is 8.36. The Labute approximate surface area is 136 Å². The summed E-state index contributed by atoms with van der Waals surface area (Å²) in [5.41, 5.74) is 5.85. The molecule has 4 rings (SSSR count). The first-order valence-electron chi connectivity index (χ1n) is 7.84. The number of aryl methyl sites for hydroxylation is 1. The van der Waals surface area contributed by atoms with E-state index in [1.165, 1.54) is 28.7 Å². The predicted octanol–water partition coefficient (Wildman–Crippen LogP) is 2.95. The fourth-order valence-corrected chi connectivity index (χ4v) is 3.76. The molecule has 0 fully saturated rings. The zero-order valence-corrected chi connectivity index (χ0v) is 13.2. The molecule has 1 aliphatic carbocycles. The van der Waals surface area contributed by atoms with Gasteiger partial charge in [0.25, 0.3) is 6.47 Å². The minimum atomic E-state index is -0.250. The zero-order chi connectivity index (χ0) is 16.2. The topological polar surface area (TPSA) is 58.6 Å². The summed E-state index contributed by atoms with van der Waals surface area (Å²) < 4.78 is 5.43. The first kappa shape index (κ1) is 15.6. The van der Waals surface area contributed by atoms with Crippen molar-refractivity contribution in [3.05, 3.63) is 64.7 Å². The summed E-state index contributed by atoms with van der Waals surface area (Å²) in [6, 6.07) is 15.9. The van der Waals surface area contributed by atoms with Crippen LogP contribution in [0.5, 0.6) is 5.75 Å². The fraction of sp³-hybridized carbons (Fsp3) is 0.316. The first-order chi connectivity index (χ1) is 11.3. The molecular formula is C19H21NO3. The van der Waals surface area contributed by atoms with Gasteiger partial charge in [-0.15, -0.1) is 0 Å². The van der Waals surface area contributed by atoms with Crippen molar-refractivity contribution in [3.63, 3.8) is 0 Å². The van der Waals surface area contributed by atoms with Crippen LogP contribution < -0.4 is 10.1 Å². The second-order valence-electron chi connectivity index (χ2n) is 5.87. The molecule has 0 saturated heterocycles. The minimum Gasteiger partial charge on any atom is -0.497 e. The summed E-state index contributed by atoms with van der Waals surface area (Å²) in [7, 11) is 1.75. The lowest BCUT2D eigenvalue weighted by atomic mass is 9.72. The molecule has 0 unspecified atom stereocenters. The Balaban J connectivity index is 0.000000485. The van der Waals surface area contributed by atoms with Gasteiger partial charge in [0.1, 0.15) is 5.75 Å². The molecule has 2 aromatic rings. The molecule has 0 saturated carbocycles. The van der Waals surface area contributed by atoms with Crippen molar-refractivity contribution >= 4 is 6.47 Å². The SMILES string of the molecule is COc1ccc2c(c1)[C@@H]1c3ccccc3CN[C@H]1CC2.O=CO. The molecule has 0 amide bonds. The lowest BCUT2D eigenvalue weighted by molar-refractivity contribution is -0.122. The van der Waals surface area contributed by atoms with E-state index in [0.29, 0.717) is 12.0 Å². The van der Waals surface area contributed by atoms with Crippen molar-refractivity contribution in [2.45, 2.75) is 31.3 Å². The summed E-state index contributed by atoms with van der Waals surface area (Å²) in [5, 5.41) is 10.6. The minimum absolute atomic E-state index is 0.250. The Hall–Kier alpha value is -2.33. The summed E-state index contributed by atoms with van der Waals surface area (Å²) in [5.74, 6) is 1.44. The van der Waals surface area contributed by atoms with Crippen molar-refractivity contribution < 1.29 is 14.6 Å². The van der Waals surface area contributed by atoms with Gasteiger partial charge in [0.15, 0.2) is 0 Å². The third-order valence-corrected chi connectivity index (χ3v) is 4.76. The van der Waals surface area contributed by atoms with Crippen molar-refractivity contribution in [1.29, 1.82) is 0 Å². The second-order valence-corrected chi connectivity index (χ2v) is 5.87. The average molecular weight is 311 g/mol. The van der Waals surface area contributed by atoms with Gasteiger partial charge in [-0.2, -0.15) is 0 Å². The van der Waals surface area contributed by atoms with Crippen LogP contribution in [0, 0.1) is 0 Å². The van der Waals surface area contributed by atoms with Crippen molar-refractivity contribution in [3.8, 4) is 5.75 Å². The van der Waals surface area contributed by atoms with E-state index in [9.17, 15) is 0 Å². The van der Waals surface area contributed by atoms with Crippen molar-refractivity contribution in [2.24, 2.45) is 0 Å². The number of benzene rings is 2. The molecule has 4 nitrogen and oxygen atoms in total. The van der Waals surface area contributed by atoms with Crippen LogP contribution in [0.15, 0.2) is 42.5 Å². The molecule has 2 atom stereocenters. The van der Waals surface area contributed by atoms with Gasteiger partial charge in [-0.1, -0.05) is 30.3 Å². The smallest absolute Gasteiger partial charge is 0.290 e. The van der Waals surface area contributed by atoms with Crippen LogP contribution in [0.3, 0.4) is 0 Å².